The van der Waals surface area contributed by atoms with E-state index in [0.717, 1.165) is 32.7 Å². The molecule has 1 atom stereocenters. The first-order valence-corrected chi connectivity index (χ1v) is 13.4. The predicted octanol–water partition coefficient (Wildman–Crippen LogP) is 2.88. The lowest BCUT2D eigenvalue weighted by Crippen LogP contribution is -2.46. The van der Waals surface area contributed by atoms with Crippen LogP contribution in [0, 0.1) is 0 Å². The average molecular weight is 552 g/mol. The number of aromatic nitrogens is 1. The van der Waals surface area contributed by atoms with Crippen LogP contribution in [-0.2, 0) is 9.53 Å². The van der Waals surface area contributed by atoms with Gasteiger partial charge in [-0.2, -0.15) is 0 Å². The first-order chi connectivity index (χ1) is 18.9. The normalized spacial score (nSPS) is 15.0. The molecular weight excluding hydrogens is 518 g/mol. The Hall–Kier alpha value is -3.50. The topological polar surface area (TPSA) is 95.9 Å². The van der Waals surface area contributed by atoms with Gasteiger partial charge in [-0.3, -0.25) is 23.9 Å². The van der Waals surface area contributed by atoms with Crippen LogP contribution in [0.1, 0.15) is 16.8 Å². The Morgan fingerprint density at radius 1 is 0.974 bits per heavy atom. The highest BCUT2D eigenvalue weighted by molar-refractivity contribution is 6.30. The summed E-state index contributed by atoms with van der Waals surface area (Å²) in [6.07, 6.45) is 1.71. The number of carbonyl (C=O) groups excluding carboxylic acids is 2. The van der Waals surface area contributed by atoms with E-state index in [9.17, 15) is 14.4 Å². The fraction of sp³-hybridized carbons (Fsp3) is 0.345. The van der Waals surface area contributed by atoms with Crippen LogP contribution in [0.2, 0.25) is 5.02 Å². The third-order valence-electron chi connectivity index (χ3n) is 6.59. The van der Waals surface area contributed by atoms with Gasteiger partial charge in [0.15, 0.2) is 0 Å². The Kier molecular flexibility index (Phi) is 10.3. The third-order valence-corrected chi connectivity index (χ3v) is 6.84. The molecule has 2 amide bonds. The molecule has 9 nitrogen and oxygen atoms in total. The van der Waals surface area contributed by atoms with E-state index in [-0.39, 0.29) is 30.4 Å². The van der Waals surface area contributed by atoms with E-state index in [2.05, 4.69) is 27.5 Å². The molecule has 2 heterocycles. The van der Waals surface area contributed by atoms with Crippen LogP contribution in [-0.4, -0.2) is 85.2 Å². The number of halogens is 1. The first-order valence-electron chi connectivity index (χ1n) is 13.0. The highest BCUT2D eigenvalue weighted by Crippen LogP contribution is 2.14. The second kappa shape index (κ2) is 14.0. The SMILES string of the molecule is CN1CCN(CCOCC(CC(=O)Nc2ccc(Cl)cc2)NC(=O)c2ccc(-n3ccccc3=O)cc2)CC1. The second-order valence-corrected chi connectivity index (χ2v) is 10.0. The van der Waals surface area contributed by atoms with Crippen molar-refractivity contribution in [3.8, 4) is 5.69 Å². The second-order valence-electron chi connectivity index (χ2n) is 9.61. The Morgan fingerprint density at radius 2 is 1.69 bits per heavy atom. The molecule has 1 saturated heterocycles. The van der Waals surface area contributed by atoms with Crippen molar-refractivity contribution in [2.75, 3.05) is 58.3 Å². The molecule has 3 aromatic rings. The lowest BCUT2D eigenvalue weighted by atomic mass is 10.1. The molecule has 0 radical (unpaired) electrons. The van der Waals surface area contributed by atoms with Gasteiger partial charge in [-0.25, -0.2) is 0 Å². The number of amides is 2. The number of likely N-dealkylation sites (N-methyl/N-ethyl adjacent to an activating group) is 1. The van der Waals surface area contributed by atoms with Gasteiger partial charge in [0, 0.05) is 73.4 Å². The van der Waals surface area contributed by atoms with Crippen LogP contribution in [0.15, 0.2) is 77.7 Å². The third kappa shape index (κ3) is 8.76. The molecule has 1 aliphatic heterocycles. The molecule has 2 aromatic carbocycles. The molecule has 0 aliphatic carbocycles. The summed E-state index contributed by atoms with van der Waals surface area (Å²) >= 11 is 5.94. The number of benzene rings is 2. The van der Waals surface area contributed by atoms with Crippen molar-refractivity contribution < 1.29 is 14.3 Å². The van der Waals surface area contributed by atoms with Crippen molar-refractivity contribution in [1.29, 1.82) is 0 Å². The molecule has 1 aromatic heterocycles. The number of pyridine rings is 1. The Bertz CT molecular complexity index is 1290. The molecule has 39 heavy (non-hydrogen) atoms. The lowest BCUT2D eigenvalue weighted by Gasteiger charge is -2.32. The maximum Gasteiger partial charge on any atom is 0.255 e. The molecule has 206 valence electrons. The summed E-state index contributed by atoms with van der Waals surface area (Å²) < 4.78 is 7.41. The highest BCUT2D eigenvalue weighted by Gasteiger charge is 2.19. The minimum atomic E-state index is -0.534. The van der Waals surface area contributed by atoms with E-state index < -0.39 is 6.04 Å². The van der Waals surface area contributed by atoms with Gasteiger partial charge in [0.1, 0.15) is 0 Å². The van der Waals surface area contributed by atoms with Crippen LogP contribution in [0.3, 0.4) is 0 Å². The number of rotatable bonds is 11. The summed E-state index contributed by atoms with van der Waals surface area (Å²) in [5.74, 6) is -0.571. The van der Waals surface area contributed by atoms with E-state index in [0.29, 0.717) is 28.6 Å². The number of nitrogens with zero attached hydrogens (tertiary/aromatic N) is 3. The molecule has 4 rings (SSSR count). The van der Waals surface area contributed by atoms with Gasteiger partial charge >= 0.3 is 0 Å². The van der Waals surface area contributed by atoms with Gasteiger partial charge in [-0.15, -0.1) is 0 Å². The van der Waals surface area contributed by atoms with E-state index >= 15 is 0 Å². The number of carbonyl (C=O) groups is 2. The lowest BCUT2D eigenvalue weighted by molar-refractivity contribution is -0.117. The molecule has 0 saturated carbocycles. The van der Waals surface area contributed by atoms with Crippen molar-refractivity contribution >= 4 is 29.1 Å². The van der Waals surface area contributed by atoms with Crippen LogP contribution >= 0.6 is 11.6 Å². The zero-order chi connectivity index (χ0) is 27.6. The number of anilines is 1. The minimum absolute atomic E-state index is 0.0420. The quantitative estimate of drug-likeness (QED) is 0.356. The number of nitrogens with one attached hydrogen (secondary N) is 2. The van der Waals surface area contributed by atoms with Crippen LogP contribution in [0.4, 0.5) is 5.69 Å². The van der Waals surface area contributed by atoms with Crippen molar-refractivity contribution in [2.24, 2.45) is 0 Å². The van der Waals surface area contributed by atoms with Gasteiger partial charge in [0.25, 0.3) is 11.5 Å². The number of hydrogen-bond donors (Lipinski definition) is 2. The maximum atomic E-state index is 13.1. The number of piperazine rings is 1. The zero-order valence-corrected chi connectivity index (χ0v) is 22.8. The number of hydrogen-bond acceptors (Lipinski definition) is 6. The Labute approximate surface area is 233 Å². The molecular formula is C29H34ClN5O4. The molecule has 0 bridgehead atoms. The predicted molar refractivity (Wildman–Crippen MR) is 153 cm³/mol. The van der Waals surface area contributed by atoms with Crippen molar-refractivity contribution in [1.82, 2.24) is 19.7 Å². The van der Waals surface area contributed by atoms with E-state index in [1.54, 1.807) is 66.9 Å². The largest absolute Gasteiger partial charge is 0.378 e. The van der Waals surface area contributed by atoms with E-state index in [4.69, 9.17) is 16.3 Å². The maximum absolute atomic E-state index is 13.1. The minimum Gasteiger partial charge on any atom is -0.378 e. The Morgan fingerprint density at radius 3 is 2.38 bits per heavy atom. The standard InChI is InChI=1S/C29H34ClN5O4/c1-33-14-16-34(17-15-33)18-19-39-21-25(20-27(36)31-24-9-7-23(30)8-10-24)32-29(38)22-5-11-26(12-6-22)35-13-3-2-4-28(35)37/h2-13,25H,14-21H2,1H3,(H,31,36)(H,32,38). The van der Waals surface area contributed by atoms with Gasteiger partial charge in [0.05, 0.1) is 19.3 Å². The summed E-state index contributed by atoms with van der Waals surface area (Å²) in [5.41, 5.74) is 1.54. The average Bonchev–Trinajstić information content (AvgIpc) is 2.93. The highest BCUT2D eigenvalue weighted by atomic mass is 35.5. The Balaban J connectivity index is 1.36. The summed E-state index contributed by atoms with van der Waals surface area (Å²) in [5, 5.41) is 6.36. The van der Waals surface area contributed by atoms with Gasteiger partial charge in [-0.05, 0) is 61.6 Å². The molecule has 1 fully saturated rings. The van der Waals surface area contributed by atoms with Crippen molar-refractivity contribution in [3.63, 3.8) is 0 Å². The molecule has 10 heteroatoms. The fourth-order valence-corrected chi connectivity index (χ4v) is 4.42. The molecule has 0 spiro atoms. The van der Waals surface area contributed by atoms with Crippen LogP contribution in [0.25, 0.3) is 5.69 Å². The monoisotopic (exact) mass is 551 g/mol. The summed E-state index contributed by atoms with van der Waals surface area (Å²) in [4.78, 5) is 42.6. The fourth-order valence-electron chi connectivity index (χ4n) is 4.29. The van der Waals surface area contributed by atoms with Crippen molar-refractivity contribution in [2.45, 2.75) is 12.5 Å². The van der Waals surface area contributed by atoms with Gasteiger partial charge in [-0.1, -0.05) is 17.7 Å². The molecule has 1 aliphatic rings. The summed E-state index contributed by atoms with van der Waals surface area (Å²) in [7, 11) is 2.12. The smallest absolute Gasteiger partial charge is 0.255 e. The molecule has 1 unspecified atom stereocenters. The number of ether oxygens (including phenoxy) is 1. The van der Waals surface area contributed by atoms with Crippen LogP contribution in [0.5, 0.6) is 0 Å². The van der Waals surface area contributed by atoms with E-state index in [1.165, 1.54) is 10.6 Å². The van der Waals surface area contributed by atoms with Gasteiger partial charge in [0.2, 0.25) is 5.91 Å². The molecule has 2 N–H and O–H groups in total. The zero-order valence-electron chi connectivity index (χ0n) is 22.0. The summed E-state index contributed by atoms with van der Waals surface area (Å²) in [6.45, 7) is 5.55. The van der Waals surface area contributed by atoms with Gasteiger partial charge < -0.3 is 20.3 Å². The van der Waals surface area contributed by atoms with Crippen LogP contribution < -0.4 is 16.2 Å². The first kappa shape index (κ1) is 28.5. The van der Waals surface area contributed by atoms with Crippen molar-refractivity contribution in [3.05, 3.63) is 93.9 Å². The van der Waals surface area contributed by atoms with E-state index in [1.807, 2.05) is 0 Å². The summed E-state index contributed by atoms with van der Waals surface area (Å²) in [6, 6.07) is 18.0.